The van der Waals surface area contributed by atoms with Gasteiger partial charge in [0.1, 0.15) is 0 Å². The molecular weight excluding hydrogens is 288 g/mol. The van der Waals surface area contributed by atoms with Crippen molar-refractivity contribution >= 4 is 23.0 Å². The highest BCUT2D eigenvalue weighted by molar-refractivity contribution is 7.80. The van der Waals surface area contributed by atoms with Crippen LogP contribution in [0.4, 0.5) is 5.69 Å². The molecular formula is C19H28N2S. The van der Waals surface area contributed by atoms with Gasteiger partial charge in [0.05, 0.1) is 0 Å². The quantitative estimate of drug-likeness (QED) is 0.785. The second kappa shape index (κ2) is 5.52. The number of benzene rings is 1. The summed E-state index contributed by atoms with van der Waals surface area (Å²) in [5.74, 6) is 0. The Balaban J connectivity index is 1.70. The van der Waals surface area contributed by atoms with Crippen LogP contribution >= 0.6 is 12.2 Å². The Morgan fingerprint density at radius 1 is 1.23 bits per heavy atom. The Morgan fingerprint density at radius 3 is 2.55 bits per heavy atom. The lowest BCUT2D eigenvalue weighted by Gasteiger charge is -2.39. The largest absolute Gasteiger partial charge is 0.345 e. The van der Waals surface area contributed by atoms with Crippen LogP contribution in [-0.2, 0) is 6.42 Å². The second-order valence-corrected chi connectivity index (χ2v) is 8.71. The fourth-order valence-electron chi connectivity index (χ4n) is 4.72. The zero-order valence-corrected chi connectivity index (χ0v) is 15.1. The third kappa shape index (κ3) is 3.15. The maximum Gasteiger partial charge on any atom is 0.173 e. The zero-order valence-electron chi connectivity index (χ0n) is 14.3. The van der Waals surface area contributed by atoms with Crippen LogP contribution in [0.1, 0.15) is 52.5 Å². The van der Waals surface area contributed by atoms with Gasteiger partial charge in [-0.15, -0.1) is 0 Å². The van der Waals surface area contributed by atoms with E-state index in [2.05, 4.69) is 62.2 Å². The van der Waals surface area contributed by atoms with E-state index >= 15 is 0 Å². The molecule has 1 aliphatic heterocycles. The van der Waals surface area contributed by atoms with E-state index in [1.165, 1.54) is 24.8 Å². The number of anilines is 1. The number of rotatable bonds is 2. The van der Waals surface area contributed by atoms with Gasteiger partial charge in [0, 0.05) is 18.3 Å². The molecule has 0 radical (unpaired) electrons. The fourth-order valence-corrected chi connectivity index (χ4v) is 5.05. The Bertz CT molecular complexity index is 563. The highest BCUT2D eigenvalue weighted by atomic mass is 32.1. The van der Waals surface area contributed by atoms with Gasteiger partial charge in [-0.2, -0.15) is 0 Å². The highest BCUT2D eigenvalue weighted by Gasteiger charge is 2.50. The molecule has 1 aromatic rings. The molecule has 2 fully saturated rings. The third-order valence-corrected chi connectivity index (χ3v) is 5.63. The van der Waals surface area contributed by atoms with Crippen molar-refractivity contribution < 1.29 is 0 Å². The van der Waals surface area contributed by atoms with Crippen LogP contribution in [-0.4, -0.2) is 22.6 Å². The fraction of sp³-hybridized carbons (Fsp3) is 0.632. The predicted molar refractivity (Wildman–Crippen MR) is 98.3 cm³/mol. The molecule has 1 saturated heterocycles. The van der Waals surface area contributed by atoms with Crippen molar-refractivity contribution in [3.8, 4) is 0 Å². The molecule has 2 atom stereocenters. The summed E-state index contributed by atoms with van der Waals surface area (Å²) >= 11 is 5.72. The maximum atomic E-state index is 5.72. The number of nitrogens with one attached hydrogen (secondary N) is 1. The summed E-state index contributed by atoms with van der Waals surface area (Å²) in [6.45, 7) is 10.5. The first-order valence-electron chi connectivity index (χ1n) is 8.47. The number of hydrogen-bond donors (Lipinski definition) is 1. The molecule has 3 rings (SSSR count). The Hall–Kier alpha value is -1.09. The molecule has 1 heterocycles. The minimum atomic E-state index is 0.421. The first kappa shape index (κ1) is 15.8. The molecule has 1 aromatic carbocycles. The predicted octanol–water partition coefficient (Wildman–Crippen LogP) is 4.85. The molecule has 0 unspecified atom stereocenters. The Morgan fingerprint density at radius 2 is 1.91 bits per heavy atom. The number of aryl methyl sites for hydroxylation is 1. The normalized spacial score (nSPS) is 29.5. The molecule has 22 heavy (non-hydrogen) atoms. The average molecular weight is 317 g/mol. The van der Waals surface area contributed by atoms with Crippen LogP contribution in [0.5, 0.6) is 0 Å². The Labute approximate surface area is 140 Å². The van der Waals surface area contributed by atoms with Crippen molar-refractivity contribution in [2.24, 2.45) is 10.8 Å². The molecule has 1 N–H and O–H groups in total. The summed E-state index contributed by atoms with van der Waals surface area (Å²) in [6.07, 6.45) is 4.92. The molecule has 1 saturated carbocycles. The van der Waals surface area contributed by atoms with Crippen LogP contribution in [0.2, 0.25) is 0 Å². The van der Waals surface area contributed by atoms with Gasteiger partial charge < -0.3 is 10.2 Å². The lowest BCUT2D eigenvalue weighted by molar-refractivity contribution is 0.132. The van der Waals surface area contributed by atoms with Crippen LogP contribution < -0.4 is 5.32 Å². The van der Waals surface area contributed by atoms with E-state index in [0.29, 0.717) is 16.9 Å². The van der Waals surface area contributed by atoms with E-state index in [-0.39, 0.29) is 0 Å². The summed E-state index contributed by atoms with van der Waals surface area (Å²) in [5.41, 5.74) is 3.32. The van der Waals surface area contributed by atoms with Crippen LogP contribution in [0.25, 0.3) is 0 Å². The average Bonchev–Trinajstić information content (AvgIpc) is 2.69. The van der Waals surface area contributed by atoms with E-state index in [1.54, 1.807) is 0 Å². The van der Waals surface area contributed by atoms with Crippen LogP contribution in [0.3, 0.4) is 0 Å². The van der Waals surface area contributed by atoms with E-state index < -0.39 is 0 Å². The number of thiocarbonyl (C=S) groups is 1. The van der Waals surface area contributed by atoms with E-state index in [9.17, 15) is 0 Å². The summed E-state index contributed by atoms with van der Waals surface area (Å²) < 4.78 is 0. The SMILES string of the molecule is CCc1ccc(NC(=S)N2C[C@@]3(C)C[C@H]2CC(C)(C)C3)cc1. The molecule has 2 aliphatic rings. The van der Waals surface area contributed by atoms with Crippen molar-refractivity contribution in [2.75, 3.05) is 11.9 Å². The van der Waals surface area contributed by atoms with Crippen molar-refractivity contribution in [3.05, 3.63) is 29.8 Å². The van der Waals surface area contributed by atoms with Gasteiger partial charge in [-0.1, -0.05) is 39.8 Å². The number of fused-ring (bicyclic) bond motifs is 2. The van der Waals surface area contributed by atoms with Crippen LogP contribution in [0.15, 0.2) is 24.3 Å². The van der Waals surface area contributed by atoms with Gasteiger partial charge in [-0.05, 0) is 66.4 Å². The van der Waals surface area contributed by atoms with Crippen molar-refractivity contribution in [2.45, 2.75) is 59.4 Å². The van der Waals surface area contributed by atoms with E-state index in [1.807, 2.05) is 0 Å². The molecule has 1 aliphatic carbocycles. The van der Waals surface area contributed by atoms with Gasteiger partial charge in [0.2, 0.25) is 0 Å². The second-order valence-electron chi connectivity index (χ2n) is 8.32. The summed E-state index contributed by atoms with van der Waals surface area (Å²) in [5, 5.41) is 4.35. The topological polar surface area (TPSA) is 15.3 Å². The van der Waals surface area contributed by atoms with Gasteiger partial charge in [-0.25, -0.2) is 0 Å². The molecule has 120 valence electrons. The number of nitrogens with zero attached hydrogens (tertiary/aromatic N) is 1. The smallest absolute Gasteiger partial charge is 0.173 e. The monoisotopic (exact) mass is 316 g/mol. The molecule has 2 bridgehead atoms. The Kier molecular flexibility index (Phi) is 3.96. The molecule has 0 aromatic heterocycles. The maximum absolute atomic E-state index is 5.72. The first-order chi connectivity index (χ1) is 10.3. The minimum Gasteiger partial charge on any atom is -0.345 e. The zero-order chi connectivity index (χ0) is 16.0. The molecule has 0 spiro atoms. The molecule has 0 amide bonds. The van der Waals surface area contributed by atoms with Gasteiger partial charge in [-0.3, -0.25) is 0 Å². The lowest BCUT2D eigenvalue weighted by Crippen LogP contribution is -2.39. The van der Waals surface area contributed by atoms with Gasteiger partial charge >= 0.3 is 0 Å². The molecule has 2 nitrogen and oxygen atoms in total. The van der Waals surface area contributed by atoms with Gasteiger partial charge in [0.25, 0.3) is 0 Å². The standard InChI is InChI=1S/C19H28N2S/c1-5-14-6-8-15(9-7-14)20-17(22)21-13-19(4)11-16(21)10-18(2,3)12-19/h6-9,16H,5,10-13H2,1-4H3,(H,20,22)/t16-,19+/m1/s1. The van der Waals surface area contributed by atoms with Crippen molar-refractivity contribution in [1.82, 2.24) is 4.90 Å². The minimum absolute atomic E-state index is 0.421. The van der Waals surface area contributed by atoms with E-state index in [0.717, 1.165) is 23.8 Å². The molecule has 3 heteroatoms. The number of hydrogen-bond acceptors (Lipinski definition) is 1. The van der Waals surface area contributed by atoms with Crippen molar-refractivity contribution in [3.63, 3.8) is 0 Å². The third-order valence-electron chi connectivity index (χ3n) is 5.29. The summed E-state index contributed by atoms with van der Waals surface area (Å²) in [7, 11) is 0. The highest BCUT2D eigenvalue weighted by Crippen LogP contribution is 2.52. The first-order valence-corrected chi connectivity index (χ1v) is 8.88. The lowest BCUT2D eigenvalue weighted by atomic mass is 9.65. The van der Waals surface area contributed by atoms with Crippen molar-refractivity contribution in [1.29, 1.82) is 0 Å². The van der Waals surface area contributed by atoms with Crippen LogP contribution in [0, 0.1) is 10.8 Å². The summed E-state index contributed by atoms with van der Waals surface area (Å²) in [6, 6.07) is 9.23. The summed E-state index contributed by atoms with van der Waals surface area (Å²) in [4.78, 5) is 2.44. The number of likely N-dealkylation sites (tertiary alicyclic amines) is 1. The van der Waals surface area contributed by atoms with Gasteiger partial charge in [0.15, 0.2) is 5.11 Å². The van der Waals surface area contributed by atoms with E-state index in [4.69, 9.17) is 12.2 Å².